The van der Waals surface area contributed by atoms with Crippen molar-refractivity contribution in [3.8, 4) is 0 Å². The molecule has 0 aliphatic carbocycles. The van der Waals surface area contributed by atoms with Gasteiger partial charge in [-0.1, -0.05) is 30.3 Å². The van der Waals surface area contributed by atoms with Crippen LogP contribution in [0, 0.1) is 5.92 Å². The first-order valence-corrected chi connectivity index (χ1v) is 13.4. The number of carbonyl (C=O) groups excluding carboxylic acids is 4. The van der Waals surface area contributed by atoms with Crippen LogP contribution in [-0.2, 0) is 30.2 Å². The van der Waals surface area contributed by atoms with Gasteiger partial charge in [0.2, 0.25) is 5.91 Å². The fourth-order valence-corrected chi connectivity index (χ4v) is 4.81. The average molecular weight is 532 g/mol. The molecule has 0 bridgehead atoms. The molecule has 2 aliphatic heterocycles. The van der Waals surface area contributed by atoms with E-state index in [-0.39, 0.29) is 25.2 Å². The number of carbonyl (C=O) groups is 4. The summed E-state index contributed by atoms with van der Waals surface area (Å²) in [7, 11) is 1.29. The Morgan fingerprint density at radius 3 is 2.45 bits per heavy atom. The summed E-state index contributed by atoms with van der Waals surface area (Å²) in [6.07, 6.45) is 2.14. The van der Waals surface area contributed by atoms with E-state index in [1.165, 1.54) is 12.0 Å². The van der Waals surface area contributed by atoms with E-state index < -0.39 is 35.5 Å². The smallest absolute Gasteiger partial charge is 0.416 e. The van der Waals surface area contributed by atoms with Gasteiger partial charge in [0, 0.05) is 25.0 Å². The number of amides is 3. The number of nitrogens with zero attached hydrogens (tertiary/aromatic N) is 2. The van der Waals surface area contributed by atoms with E-state index in [1.54, 1.807) is 4.90 Å². The number of cyclic esters (lactones) is 1. The lowest BCUT2D eigenvalue weighted by molar-refractivity contribution is -0.146. The molecule has 10 nitrogen and oxygen atoms in total. The van der Waals surface area contributed by atoms with E-state index in [1.807, 2.05) is 51.1 Å². The number of ether oxygens (including phenoxy) is 3. The Bertz CT molecular complexity index is 955. The fraction of sp³-hybridized carbons (Fsp3) is 0.643. The van der Waals surface area contributed by atoms with Gasteiger partial charge in [-0.15, -0.1) is 0 Å². The second-order valence-corrected chi connectivity index (χ2v) is 10.9. The van der Waals surface area contributed by atoms with E-state index in [4.69, 9.17) is 14.2 Å². The van der Waals surface area contributed by atoms with Crippen LogP contribution >= 0.6 is 0 Å². The lowest BCUT2D eigenvalue weighted by atomic mass is 9.96. The van der Waals surface area contributed by atoms with E-state index in [0.29, 0.717) is 38.9 Å². The third-order valence-electron chi connectivity index (χ3n) is 6.81. The summed E-state index contributed by atoms with van der Waals surface area (Å²) in [5.74, 6) is -1.57. The number of piperidine rings is 1. The zero-order chi connectivity index (χ0) is 27.7. The van der Waals surface area contributed by atoms with Crippen molar-refractivity contribution in [1.29, 1.82) is 0 Å². The minimum Gasteiger partial charge on any atom is -0.469 e. The zero-order valence-corrected chi connectivity index (χ0v) is 22.9. The lowest BCUT2D eigenvalue weighted by Gasteiger charge is -2.34. The first kappa shape index (κ1) is 29.4. The van der Waals surface area contributed by atoms with Gasteiger partial charge in [0.1, 0.15) is 12.2 Å². The van der Waals surface area contributed by atoms with Gasteiger partial charge in [0.15, 0.2) is 0 Å². The summed E-state index contributed by atoms with van der Waals surface area (Å²) in [5, 5.41) is 3.50. The maximum atomic E-state index is 13.5. The molecule has 1 aromatic carbocycles. The van der Waals surface area contributed by atoms with Crippen LogP contribution in [0.2, 0.25) is 0 Å². The number of imide groups is 1. The predicted molar refractivity (Wildman–Crippen MR) is 140 cm³/mol. The van der Waals surface area contributed by atoms with Crippen molar-refractivity contribution < 1.29 is 33.4 Å². The number of hydrogen-bond donors (Lipinski definition) is 1. The number of rotatable bonds is 10. The molecule has 1 N–H and O–H groups in total. The molecule has 0 radical (unpaired) electrons. The number of esters is 1. The van der Waals surface area contributed by atoms with E-state index in [0.717, 1.165) is 18.4 Å². The van der Waals surface area contributed by atoms with Crippen LogP contribution in [0.5, 0.6) is 0 Å². The van der Waals surface area contributed by atoms with Gasteiger partial charge in [-0.25, -0.2) is 14.5 Å². The van der Waals surface area contributed by atoms with Crippen LogP contribution in [-0.4, -0.2) is 84.9 Å². The monoisotopic (exact) mass is 531 g/mol. The minimum absolute atomic E-state index is 0.0918. The fourth-order valence-electron chi connectivity index (χ4n) is 4.81. The summed E-state index contributed by atoms with van der Waals surface area (Å²) >= 11 is 0. The van der Waals surface area contributed by atoms with E-state index >= 15 is 0 Å². The van der Waals surface area contributed by atoms with Gasteiger partial charge in [0.25, 0.3) is 0 Å². The molecule has 0 saturated carbocycles. The van der Waals surface area contributed by atoms with E-state index in [9.17, 15) is 19.2 Å². The molecular weight excluding hydrogens is 490 g/mol. The summed E-state index contributed by atoms with van der Waals surface area (Å²) < 4.78 is 15.5. The third-order valence-corrected chi connectivity index (χ3v) is 6.81. The molecule has 10 heteroatoms. The molecule has 0 spiro atoms. The topological polar surface area (TPSA) is 114 Å². The van der Waals surface area contributed by atoms with Crippen molar-refractivity contribution in [2.24, 2.45) is 5.92 Å². The summed E-state index contributed by atoms with van der Waals surface area (Å²) in [4.78, 5) is 53.2. The summed E-state index contributed by atoms with van der Waals surface area (Å²) in [5.41, 5.74) is 0.484. The molecule has 2 saturated heterocycles. The van der Waals surface area contributed by atoms with Crippen LogP contribution in [0.3, 0.4) is 0 Å². The molecule has 1 aromatic rings. The van der Waals surface area contributed by atoms with Crippen LogP contribution in [0.1, 0.15) is 58.4 Å². The molecule has 3 rings (SSSR count). The van der Waals surface area contributed by atoms with Crippen LogP contribution in [0.25, 0.3) is 0 Å². The molecule has 38 heavy (non-hydrogen) atoms. The van der Waals surface area contributed by atoms with Gasteiger partial charge in [-0.05, 0) is 65.0 Å². The number of benzene rings is 1. The number of hydrogen-bond acceptors (Lipinski definition) is 8. The molecule has 0 aromatic heterocycles. The van der Waals surface area contributed by atoms with Crippen molar-refractivity contribution >= 4 is 24.1 Å². The second kappa shape index (κ2) is 13.6. The highest BCUT2D eigenvalue weighted by Crippen LogP contribution is 2.24. The summed E-state index contributed by atoms with van der Waals surface area (Å²) in [6, 6.07) is 9.47. The first-order chi connectivity index (χ1) is 18.1. The molecule has 2 fully saturated rings. The second-order valence-electron chi connectivity index (χ2n) is 10.9. The third kappa shape index (κ3) is 8.72. The van der Waals surface area contributed by atoms with Crippen molar-refractivity contribution in [1.82, 2.24) is 15.1 Å². The normalized spacial score (nSPS) is 19.2. The highest BCUT2D eigenvalue weighted by molar-refractivity contribution is 5.96. The van der Waals surface area contributed by atoms with E-state index in [2.05, 4.69) is 5.32 Å². The maximum absolute atomic E-state index is 13.5. The SMILES string of the molecule is COC(=O)C[C@@H](CCCNC1CCN(C(=O)OC(C)(C)C)CC1)C(=O)N1C(=O)OC[C@H]1Cc1ccccc1. The Morgan fingerprint density at radius 1 is 1.13 bits per heavy atom. The van der Waals surface area contributed by atoms with Crippen molar-refractivity contribution in [3.63, 3.8) is 0 Å². The Balaban J connectivity index is 1.50. The maximum Gasteiger partial charge on any atom is 0.416 e. The highest BCUT2D eigenvalue weighted by atomic mass is 16.6. The van der Waals surface area contributed by atoms with Crippen LogP contribution < -0.4 is 5.32 Å². The van der Waals surface area contributed by atoms with Crippen LogP contribution in [0.4, 0.5) is 9.59 Å². The van der Waals surface area contributed by atoms with Gasteiger partial charge in [-0.3, -0.25) is 9.59 Å². The molecular formula is C28H41N3O7. The minimum atomic E-state index is -0.679. The average Bonchev–Trinajstić information content (AvgIpc) is 3.24. The molecule has 0 unspecified atom stereocenters. The van der Waals surface area contributed by atoms with Gasteiger partial charge < -0.3 is 24.4 Å². The largest absolute Gasteiger partial charge is 0.469 e. The van der Waals surface area contributed by atoms with Crippen molar-refractivity contribution in [2.75, 3.05) is 33.4 Å². The van der Waals surface area contributed by atoms with Gasteiger partial charge in [0.05, 0.1) is 19.6 Å². The number of nitrogens with one attached hydrogen (secondary N) is 1. The Hall–Kier alpha value is -3.14. The Kier molecular flexibility index (Phi) is 10.5. The van der Waals surface area contributed by atoms with Gasteiger partial charge in [-0.2, -0.15) is 0 Å². The lowest BCUT2D eigenvalue weighted by Crippen LogP contribution is -2.46. The quantitative estimate of drug-likeness (QED) is 0.277. The van der Waals surface area contributed by atoms with Crippen molar-refractivity contribution in [2.45, 2.75) is 77.0 Å². The Labute approximate surface area is 225 Å². The number of likely N-dealkylation sites (tertiary alicyclic amines) is 1. The first-order valence-electron chi connectivity index (χ1n) is 13.4. The molecule has 2 heterocycles. The molecule has 2 aliphatic rings. The molecule has 2 atom stereocenters. The number of methoxy groups -OCH3 is 1. The Morgan fingerprint density at radius 2 is 1.82 bits per heavy atom. The summed E-state index contributed by atoms with van der Waals surface area (Å²) in [6.45, 7) is 7.59. The predicted octanol–water partition coefficient (Wildman–Crippen LogP) is 3.53. The van der Waals surface area contributed by atoms with Gasteiger partial charge >= 0.3 is 18.2 Å². The highest BCUT2D eigenvalue weighted by Gasteiger charge is 2.41. The molecule has 210 valence electrons. The standard InChI is InChI=1S/C28H41N3O7/c1-28(2,3)38-26(34)30-15-12-22(13-16-30)29-14-8-11-21(18-24(32)36-4)25(33)31-23(19-37-27(31)35)17-20-9-6-5-7-10-20/h5-7,9-10,21-23,29H,8,11-19H2,1-4H3/t21-,23-/m1/s1. The molecule has 3 amide bonds. The van der Waals surface area contributed by atoms with Crippen molar-refractivity contribution in [3.05, 3.63) is 35.9 Å². The van der Waals surface area contributed by atoms with Crippen LogP contribution in [0.15, 0.2) is 30.3 Å². The zero-order valence-electron chi connectivity index (χ0n) is 22.9.